The highest BCUT2D eigenvalue weighted by atomic mass is 16.5. The molecule has 0 amide bonds. The Morgan fingerprint density at radius 2 is 1.74 bits per heavy atom. The van der Waals surface area contributed by atoms with Crippen LogP contribution in [0, 0.1) is 5.92 Å². The van der Waals surface area contributed by atoms with Gasteiger partial charge in [-0.1, -0.05) is 53.2 Å². The number of nitrogens with two attached hydrogens (primary N) is 1. The van der Waals surface area contributed by atoms with Crippen molar-refractivity contribution in [3.63, 3.8) is 0 Å². The van der Waals surface area contributed by atoms with E-state index in [0.29, 0.717) is 12.5 Å². The van der Waals surface area contributed by atoms with Gasteiger partial charge in [-0.15, -0.1) is 0 Å². The maximum atomic E-state index is 6.07. The largest absolute Gasteiger partial charge is 0.492 e. The third kappa shape index (κ3) is 4.54. The van der Waals surface area contributed by atoms with Crippen LogP contribution in [0.2, 0.25) is 0 Å². The molecular weight excluding hydrogens is 234 g/mol. The lowest BCUT2D eigenvalue weighted by Crippen LogP contribution is -2.34. The molecule has 0 aliphatic rings. The Bertz CT molecular complexity index is 369. The summed E-state index contributed by atoms with van der Waals surface area (Å²) < 4.78 is 5.77. The van der Waals surface area contributed by atoms with Crippen LogP contribution in [0.4, 0.5) is 0 Å². The minimum absolute atomic E-state index is 0.108. The number of hydrogen-bond acceptors (Lipinski definition) is 2. The molecule has 0 bridgehead atoms. The summed E-state index contributed by atoms with van der Waals surface area (Å²) in [6.45, 7) is 11.7. The van der Waals surface area contributed by atoms with Crippen molar-refractivity contribution < 1.29 is 4.74 Å². The smallest absolute Gasteiger partial charge is 0.119 e. The van der Waals surface area contributed by atoms with E-state index >= 15 is 0 Å². The second-order valence-electron chi connectivity index (χ2n) is 6.12. The van der Waals surface area contributed by atoms with Gasteiger partial charge < -0.3 is 10.5 Å². The van der Waals surface area contributed by atoms with Gasteiger partial charge in [0, 0.05) is 6.04 Å². The van der Waals surface area contributed by atoms with Crippen LogP contribution in [0.25, 0.3) is 0 Å². The molecule has 1 aromatic carbocycles. The highest BCUT2D eigenvalue weighted by molar-refractivity contribution is 5.31. The molecule has 2 nitrogen and oxygen atoms in total. The SMILES string of the molecule is CCC(C)C(N)COc1ccc(C(C)(C)CC)cc1. The van der Waals surface area contributed by atoms with Crippen molar-refractivity contribution in [2.24, 2.45) is 11.7 Å². The third-order valence-electron chi connectivity index (χ3n) is 4.34. The molecule has 0 aliphatic carbocycles. The molecule has 2 N–H and O–H groups in total. The number of rotatable bonds is 7. The Morgan fingerprint density at radius 3 is 2.21 bits per heavy atom. The molecule has 2 atom stereocenters. The van der Waals surface area contributed by atoms with E-state index in [9.17, 15) is 0 Å². The number of ether oxygens (including phenoxy) is 1. The van der Waals surface area contributed by atoms with Gasteiger partial charge in [0.2, 0.25) is 0 Å². The molecule has 0 saturated carbocycles. The van der Waals surface area contributed by atoms with Crippen LogP contribution in [0.5, 0.6) is 5.75 Å². The first kappa shape index (κ1) is 16.0. The van der Waals surface area contributed by atoms with E-state index in [1.165, 1.54) is 5.56 Å². The Morgan fingerprint density at radius 1 is 1.16 bits per heavy atom. The molecule has 19 heavy (non-hydrogen) atoms. The van der Waals surface area contributed by atoms with Crippen LogP contribution in [-0.2, 0) is 5.41 Å². The van der Waals surface area contributed by atoms with E-state index in [1.807, 2.05) is 0 Å². The monoisotopic (exact) mass is 263 g/mol. The molecule has 1 rings (SSSR count). The first-order valence-electron chi connectivity index (χ1n) is 7.39. The molecule has 1 aromatic rings. The summed E-state index contributed by atoms with van der Waals surface area (Å²) in [5.41, 5.74) is 7.65. The normalized spacial score (nSPS) is 15.1. The molecule has 0 aromatic heterocycles. The van der Waals surface area contributed by atoms with Gasteiger partial charge in [0.25, 0.3) is 0 Å². The second-order valence-corrected chi connectivity index (χ2v) is 6.12. The fourth-order valence-electron chi connectivity index (χ4n) is 1.87. The van der Waals surface area contributed by atoms with Crippen molar-refractivity contribution >= 4 is 0 Å². The Balaban J connectivity index is 2.58. The zero-order valence-corrected chi connectivity index (χ0v) is 13.1. The number of hydrogen-bond donors (Lipinski definition) is 1. The van der Waals surface area contributed by atoms with Gasteiger partial charge in [-0.25, -0.2) is 0 Å². The maximum absolute atomic E-state index is 6.07. The van der Waals surface area contributed by atoms with Gasteiger partial charge in [-0.2, -0.15) is 0 Å². The van der Waals surface area contributed by atoms with Crippen LogP contribution in [0.15, 0.2) is 24.3 Å². The van der Waals surface area contributed by atoms with Crippen LogP contribution < -0.4 is 10.5 Å². The number of benzene rings is 1. The lowest BCUT2D eigenvalue weighted by atomic mass is 9.82. The van der Waals surface area contributed by atoms with E-state index in [2.05, 4.69) is 58.9 Å². The predicted octanol–water partition coefficient (Wildman–Crippen LogP) is 4.13. The molecule has 2 unspecified atom stereocenters. The van der Waals surface area contributed by atoms with Crippen molar-refractivity contribution in [3.8, 4) is 5.75 Å². The summed E-state index contributed by atoms with van der Waals surface area (Å²) in [6, 6.07) is 8.53. The molecule has 108 valence electrons. The zero-order valence-electron chi connectivity index (χ0n) is 13.1. The maximum Gasteiger partial charge on any atom is 0.119 e. The Kier molecular flexibility index (Phi) is 5.86. The summed E-state index contributed by atoms with van der Waals surface area (Å²) in [5, 5.41) is 0. The Hall–Kier alpha value is -1.02. The lowest BCUT2D eigenvalue weighted by Gasteiger charge is -2.24. The molecular formula is C17H29NO. The molecule has 0 fully saturated rings. The first-order valence-corrected chi connectivity index (χ1v) is 7.39. The third-order valence-corrected chi connectivity index (χ3v) is 4.34. The lowest BCUT2D eigenvalue weighted by molar-refractivity contribution is 0.250. The topological polar surface area (TPSA) is 35.2 Å². The fraction of sp³-hybridized carbons (Fsp3) is 0.647. The van der Waals surface area contributed by atoms with E-state index in [0.717, 1.165) is 18.6 Å². The van der Waals surface area contributed by atoms with Crippen molar-refractivity contribution in [3.05, 3.63) is 29.8 Å². The summed E-state index contributed by atoms with van der Waals surface area (Å²) >= 11 is 0. The summed E-state index contributed by atoms with van der Waals surface area (Å²) in [6.07, 6.45) is 2.22. The predicted molar refractivity (Wildman–Crippen MR) is 82.7 cm³/mol. The van der Waals surface area contributed by atoms with E-state index in [-0.39, 0.29) is 11.5 Å². The summed E-state index contributed by atoms with van der Waals surface area (Å²) in [7, 11) is 0. The van der Waals surface area contributed by atoms with Crippen LogP contribution in [0.3, 0.4) is 0 Å². The zero-order chi connectivity index (χ0) is 14.5. The minimum Gasteiger partial charge on any atom is -0.492 e. The highest BCUT2D eigenvalue weighted by Crippen LogP contribution is 2.28. The van der Waals surface area contributed by atoms with E-state index < -0.39 is 0 Å². The Labute approximate surface area is 118 Å². The highest BCUT2D eigenvalue weighted by Gasteiger charge is 2.17. The summed E-state index contributed by atoms with van der Waals surface area (Å²) in [5.74, 6) is 1.41. The quantitative estimate of drug-likeness (QED) is 0.803. The average molecular weight is 263 g/mol. The van der Waals surface area contributed by atoms with Gasteiger partial charge in [0.1, 0.15) is 12.4 Å². The van der Waals surface area contributed by atoms with Gasteiger partial charge in [-0.3, -0.25) is 0 Å². The van der Waals surface area contributed by atoms with Gasteiger partial charge in [0.15, 0.2) is 0 Å². The minimum atomic E-state index is 0.108. The van der Waals surface area contributed by atoms with Crippen LogP contribution in [0.1, 0.15) is 53.0 Å². The molecule has 0 saturated heterocycles. The standard InChI is InChI=1S/C17H29NO/c1-6-13(3)16(18)12-19-15-10-8-14(9-11-15)17(4,5)7-2/h8-11,13,16H,6-7,12,18H2,1-5H3. The van der Waals surface area contributed by atoms with Crippen molar-refractivity contribution in [2.75, 3.05) is 6.61 Å². The molecule has 0 radical (unpaired) electrons. The molecule has 0 heterocycles. The molecule has 2 heteroatoms. The van der Waals surface area contributed by atoms with Crippen molar-refractivity contribution in [1.82, 2.24) is 0 Å². The fourth-order valence-corrected chi connectivity index (χ4v) is 1.87. The van der Waals surface area contributed by atoms with Crippen molar-refractivity contribution in [1.29, 1.82) is 0 Å². The second kappa shape index (κ2) is 6.95. The molecule has 0 aliphatic heterocycles. The van der Waals surface area contributed by atoms with Crippen LogP contribution in [-0.4, -0.2) is 12.6 Å². The first-order chi connectivity index (χ1) is 8.90. The average Bonchev–Trinajstić information content (AvgIpc) is 2.44. The molecule has 0 spiro atoms. The van der Waals surface area contributed by atoms with E-state index in [4.69, 9.17) is 10.5 Å². The van der Waals surface area contributed by atoms with E-state index in [1.54, 1.807) is 0 Å². The van der Waals surface area contributed by atoms with Crippen LogP contribution >= 0.6 is 0 Å². The van der Waals surface area contributed by atoms with Gasteiger partial charge in [-0.05, 0) is 35.4 Å². The van der Waals surface area contributed by atoms with Gasteiger partial charge in [0.05, 0.1) is 0 Å². The van der Waals surface area contributed by atoms with Gasteiger partial charge >= 0.3 is 0 Å². The van der Waals surface area contributed by atoms with Crippen molar-refractivity contribution in [2.45, 2.75) is 58.9 Å². The summed E-state index contributed by atoms with van der Waals surface area (Å²) in [4.78, 5) is 0.